The van der Waals surface area contributed by atoms with Gasteiger partial charge in [-0.2, -0.15) is 10.2 Å². The fraction of sp³-hybridized carbons (Fsp3) is 0.412. The third-order valence-electron chi connectivity index (χ3n) is 4.85. The second kappa shape index (κ2) is 7.13. The van der Waals surface area contributed by atoms with E-state index in [1.54, 1.807) is 34.8 Å². The molecule has 4 rings (SSSR count). The number of rotatable bonds is 7. The maximum absolute atomic E-state index is 12.4. The summed E-state index contributed by atoms with van der Waals surface area (Å²) in [6, 6.07) is 0. The molecule has 1 saturated carbocycles. The largest absolute Gasteiger partial charge is 0.318 e. The number of nitrogens with zero attached hydrogens (tertiary/aromatic N) is 4. The maximum atomic E-state index is 12.4. The van der Waals surface area contributed by atoms with Gasteiger partial charge in [0.25, 0.3) is 5.91 Å². The van der Waals surface area contributed by atoms with Crippen LogP contribution in [-0.2, 0) is 16.4 Å². The Labute approximate surface area is 166 Å². The number of carbonyl (C=O) groups excluding carboxylic acids is 1. The summed E-state index contributed by atoms with van der Waals surface area (Å²) in [7, 11) is -3.05. The fourth-order valence-corrected chi connectivity index (χ4v) is 5.79. The van der Waals surface area contributed by atoms with E-state index in [0.717, 1.165) is 24.8 Å². The molecule has 0 unspecified atom stereocenters. The third-order valence-corrected chi connectivity index (χ3v) is 6.88. The Morgan fingerprint density at radius 1 is 1.39 bits per heavy atom. The van der Waals surface area contributed by atoms with E-state index in [0.29, 0.717) is 22.9 Å². The zero-order valence-corrected chi connectivity index (χ0v) is 16.9. The van der Waals surface area contributed by atoms with Crippen molar-refractivity contribution >= 4 is 32.8 Å². The number of hydrogen-bond acceptors (Lipinski definition) is 7. The summed E-state index contributed by atoms with van der Waals surface area (Å²) >= 11 is 1.37. The van der Waals surface area contributed by atoms with E-state index in [4.69, 9.17) is 0 Å². The van der Waals surface area contributed by atoms with Gasteiger partial charge >= 0.3 is 0 Å². The minimum absolute atomic E-state index is 0.164. The molecule has 1 aliphatic rings. The summed E-state index contributed by atoms with van der Waals surface area (Å²) in [6.45, 7) is 0.525. The number of anilines is 1. The van der Waals surface area contributed by atoms with Gasteiger partial charge in [-0.15, -0.1) is 11.3 Å². The highest BCUT2D eigenvalue weighted by atomic mass is 32.2. The van der Waals surface area contributed by atoms with E-state index in [2.05, 4.69) is 25.6 Å². The Kier molecular flexibility index (Phi) is 4.79. The van der Waals surface area contributed by atoms with E-state index in [1.165, 1.54) is 17.6 Å². The van der Waals surface area contributed by atoms with Crippen LogP contribution in [0.15, 0.2) is 30.2 Å². The molecule has 0 spiro atoms. The molecule has 0 aliphatic heterocycles. The van der Waals surface area contributed by atoms with Crippen molar-refractivity contribution in [2.75, 3.05) is 17.3 Å². The van der Waals surface area contributed by atoms with Gasteiger partial charge in [-0.05, 0) is 12.8 Å². The van der Waals surface area contributed by atoms with Gasteiger partial charge < -0.3 is 5.32 Å². The first-order valence-electron chi connectivity index (χ1n) is 8.78. The zero-order chi connectivity index (χ0) is 19.8. The van der Waals surface area contributed by atoms with Gasteiger partial charge in [-0.1, -0.05) is 6.42 Å². The van der Waals surface area contributed by atoms with E-state index in [-0.39, 0.29) is 17.1 Å². The molecule has 1 fully saturated rings. The number of H-pyrrole nitrogens is 1. The minimum Gasteiger partial charge on any atom is -0.318 e. The smallest absolute Gasteiger partial charge is 0.275 e. The van der Waals surface area contributed by atoms with Crippen LogP contribution in [0.25, 0.3) is 10.6 Å². The number of thiazole rings is 1. The van der Waals surface area contributed by atoms with Crippen molar-refractivity contribution in [3.63, 3.8) is 0 Å². The number of aromatic nitrogens is 5. The van der Waals surface area contributed by atoms with Crippen LogP contribution in [0.4, 0.5) is 5.69 Å². The third kappa shape index (κ3) is 4.14. The van der Waals surface area contributed by atoms with E-state index < -0.39 is 9.84 Å². The fourth-order valence-electron chi connectivity index (χ4n) is 3.51. The van der Waals surface area contributed by atoms with E-state index in [1.807, 2.05) is 0 Å². The van der Waals surface area contributed by atoms with Crippen LogP contribution in [0.5, 0.6) is 0 Å². The zero-order valence-electron chi connectivity index (χ0n) is 15.3. The molecule has 0 saturated heterocycles. The van der Waals surface area contributed by atoms with Crippen molar-refractivity contribution in [2.24, 2.45) is 5.41 Å². The molecule has 0 aromatic carbocycles. The van der Waals surface area contributed by atoms with Crippen molar-refractivity contribution < 1.29 is 13.2 Å². The Morgan fingerprint density at radius 3 is 2.86 bits per heavy atom. The van der Waals surface area contributed by atoms with Crippen LogP contribution in [-0.4, -0.2) is 51.3 Å². The Morgan fingerprint density at radius 2 is 2.21 bits per heavy atom. The molecule has 1 aliphatic carbocycles. The molecule has 148 valence electrons. The first kappa shape index (κ1) is 18.8. The van der Waals surface area contributed by atoms with Gasteiger partial charge in [0.1, 0.15) is 20.5 Å². The van der Waals surface area contributed by atoms with Crippen LogP contribution < -0.4 is 5.32 Å². The first-order chi connectivity index (χ1) is 13.3. The van der Waals surface area contributed by atoms with Crippen molar-refractivity contribution in [3.8, 4) is 10.6 Å². The molecule has 0 bridgehead atoms. The van der Waals surface area contributed by atoms with E-state index >= 15 is 0 Å². The van der Waals surface area contributed by atoms with Crippen molar-refractivity contribution in [1.29, 1.82) is 0 Å². The molecule has 2 N–H and O–H groups in total. The lowest BCUT2D eigenvalue weighted by Gasteiger charge is -2.41. The molecule has 3 aromatic rings. The van der Waals surface area contributed by atoms with Crippen LogP contribution in [0.1, 0.15) is 29.8 Å². The summed E-state index contributed by atoms with van der Waals surface area (Å²) < 4.78 is 25.2. The second-order valence-corrected chi connectivity index (χ2v) is 10.3. The molecule has 9 nitrogen and oxygen atoms in total. The Balaban J connectivity index is 1.41. The molecule has 28 heavy (non-hydrogen) atoms. The molecule has 11 heteroatoms. The standard InChI is InChI=1S/C17H20N6O3S2/c1-28(25,26)11-17(3-2-4-17)10-23-8-13(7-20-23)21-15(24)14-9-27-16(22-14)12-5-18-19-6-12/h5-9H,2-4,10-11H2,1H3,(H,18,19)(H,21,24). The Bertz CT molecular complexity index is 1080. The molecule has 1 amide bonds. The minimum atomic E-state index is -3.05. The number of hydrogen-bond donors (Lipinski definition) is 2. The van der Waals surface area contributed by atoms with Crippen LogP contribution in [0, 0.1) is 5.41 Å². The lowest BCUT2D eigenvalue weighted by molar-refractivity contribution is 0.102. The first-order valence-corrected chi connectivity index (χ1v) is 11.7. The van der Waals surface area contributed by atoms with Gasteiger partial charge in [0.05, 0.1) is 23.8 Å². The molecule has 0 atom stereocenters. The molecular weight excluding hydrogens is 400 g/mol. The number of aromatic amines is 1. The average Bonchev–Trinajstić information content (AvgIpc) is 3.32. The van der Waals surface area contributed by atoms with Crippen molar-refractivity contribution in [2.45, 2.75) is 25.8 Å². The summed E-state index contributed by atoms with van der Waals surface area (Å²) in [4.78, 5) is 16.8. The monoisotopic (exact) mass is 420 g/mol. The molecule has 0 radical (unpaired) electrons. The van der Waals surface area contributed by atoms with Gasteiger partial charge in [0.2, 0.25) is 0 Å². The summed E-state index contributed by atoms with van der Waals surface area (Å²) in [6.07, 6.45) is 10.7. The lowest BCUT2D eigenvalue weighted by atomic mass is 9.70. The highest BCUT2D eigenvalue weighted by Crippen LogP contribution is 2.43. The molecular formula is C17H20N6O3S2. The van der Waals surface area contributed by atoms with Gasteiger partial charge in [0, 0.05) is 41.6 Å². The maximum Gasteiger partial charge on any atom is 0.275 e. The SMILES string of the molecule is CS(=O)(=O)CC1(Cn2cc(NC(=O)c3csc(-c4cn[nH]c4)n3)cn2)CCC1. The van der Waals surface area contributed by atoms with Gasteiger partial charge in [-0.3, -0.25) is 14.6 Å². The van der Waals surface area contributed by atoms with Crippen molar-refractivity contribution in [3.05, 3.63) is 35.9 Å². The lowest BCUT2D eigenvalue weighted by Crippen LogP contribution is -2.40. The highest BCUT2D eigenvalue weighted by molar-refractivity contribution is 7.90. The van der Waals surface area contributed by atoms with Crippen LogP contribution in [0.2, 0.25) is 0 Å². The van der Waals surface area contributed by atoms with E-state index in [9.17, 15) is 13.2 Å². The van der Waals surface area contributed by atoms with Gasteiger partial charge in [0.15, 0.2) is 0 Å². The average molecular weight is 421 g/mol. The number of carbonyl (C=O) groups is 1. The molecule has 3 heterocycles. The van der Waals surface area contributed by atoms with Crippen LogP contribution >= 0.6 is 11.3 Å². The van der Waals surface area contributed by atoms with Crippen LogP contribution in [0.3, 0.4) is 0 Å². The summed E-state index contributed by atoms with van der Waals surface area (Å²) in [5, 5.41) is 16.1. The predicted octanol–water partition coefficient (Wildman–Crippen LogP) is 2.20. The number of nitrogens with one attached hydrogen (secondary N) is 2. The summed E-state index contributed by atoms with van der Waals surface area (Å²) in [5.41, 5.74) is 1.45. The van der Waals surface area contributed by atoms with Crippen molar-refractivity contribution in [1.82, 2.24) is 25.0 Å². The topological polar surface area (TPSA) is 123 Å². The quantitative estimate of drug-likeness (QED) is 0.604. The normalized spacial score (nSPS) is 15.9. The predicted molar refractivity (Wildman–Crippen MR) is 106 cm³/mol. The number of sulfone groups is 1. The highest BCUT2D eigenvalue weighted by Gasteiger charge is 2.40. The van der Waals surface area contributed by atoms with Gasteiger partial charge in [-0.25, -0.2) is 13.4 Å². The summed E-state index contributed by atoms with van der Waals surface area (Å²) in [5.74, 6) is -0.156. The molecule has 3 aromatic heterocycles. The Hall–Kier alpha value is -2.53. The number of amides is 1. The second-order valence-electron chi connectivity index (χ2n) is 7.33.